The number of carbonyl (C=O) groups is 1. The third kappa shape index (κ3) is 2.94. The summed E-state index contributed by atoms with van der Waals surface area (Å²) < 4.78 is 1.89. The summed E-state index contributed by atoms with van der Waals surface area (Å²) in [6.07, 6.45) is 5.43. The molecule has 0 N–H and O–H groups in total. The molecule has 0 saturated heterocycles. The molecule has 0 spiro atoms. The highest BCUT2D eigenvalue weighted by atomic mass is 35.5. The van der Waals surface area contributed by atoms with Gasteiger partial charge in [0.2, 0.25) is 0 Å². The molecular weight excluding hydrogens is 310 g/mol. The van der Waals surface area contributed by atoms with Crippen LogP contribution in [0.3, 0.4) is 0 Å². The van der Waals surface area contributed by atoms with Crippen molar-refractivity contribution in [1.29, 1.82) is 0 Å². The van der Waals surface area contributed by atoms with Crippen molar-refractivity contribution in [3.8, 4) is 11.1 Å². The standard InChI is InChI=1S/C18H18ClN3O/c1-3-21(4-2)18(23)14-11-16(13-5-7-15(19)8-6-13)17-20-9-10-22(17)12-14/h5-12H,3-4H2,1-2H3. The second-order valence-electron chi connectivity index (χ2n) is 5.28. The van der Waals surface area contributed by atoms with E-state index in [4.69, 9.17) is 11.6 Å². The highest BCUT2D eigenvalue weighted by molar-refractivity contribution is 6.30. The molecule has 0 aliphatic carbocycles. The number of amides is 1. The molecule has 1 aromatic carbocycles. The number of carbonyl (C=O) groups excluding carboxylic acids is 1. The van der Waals surface area contributed by atoms with Crippen LogP contribution >= 0.6 is 11.6 Å². The van der Waals surface area contributed by atoms with E-state index >= 15 is 0 Å². The lowest BCUT2D eigenvalue weighted by molar-refractivity contribution is 0.0772. The van der Waals surface area contributed by atoms with Gasteiger partial charge >= 0.3 is 0 Å². The Bertz CT molecular complexity index is 835. The molecule has 0 radical (unpaired) electrons. The summed E-state index contributed by atoms with van der Waals surface area (Å²) in [5.74, 6) is 0.0285. The predicted octanol–water partition coefficient (Wildman–Crippen LogP) is 4.14. The first-order valence-corrected chi connectivity index (χ1v) is 8.03. The summed E-state index contributed by atoms with van der Waals surface area (Å²) in [5, 5.41) is 0.684. The van der Waals surface area contributed by atoms with Crippen molar-refractivity contribution in [2.45, 2.75) is 13.8 Å². The summed E-state index contributed by atoms with van der Waals surface area (Å²) in [6, 6.07) is 9.48. The lowest BCUT2D eigenvalue weighted by Crippen LogP contribution is -2.30. The fourth-order valence-electron chi connectivity index (χ4n) is 2.69. The minimum absolute atomic E-state index is 0.0285. The first-order chi connectivity index (χ1) is 11.1. The maximum Gasteiger partial charge on any atom is 0.255 e. The molecule has 0 aliphatic rings. The van der Waals surface area contributed by atoms with E-state index in [9.17, 15) is 4.79 Å². The van der Waals surface area contributed by atoms with E-state index in [1.54, 1.807) is 6.20 Å². The zero-order valence-electron chi connectivity index (χ0n) is 13.2. The van der Waals surface area contributed by atoms with Crippen LogP contribution < -0.4 is 0 Å². The fourth-order valence-corrected chi connectivity index (χ4v) is 2.81. The minimum atomic E-state index is 0.0285. The van der Waals surface area contributed by atoms with Crippen LogP contribution in [0.1, 0.15) is 24.2 Å². The molecule has 0 unspecified atom stereocenters. The number of pyridine rings is 1. The number of hydrogen-bond donors (Lipinski definition) is 0. The number of imidazole rings is 1. The molecule has 5 heteroatoms. The summed E-state index contributed by atoms with van der Waals surface area (Å²) in [6.45, 7) is 5.34. The van der Waals surface area contributed by atoms with Crippen LogP contribution in [0.4, 0.5) is 0 Å². The normalized spacial score (nSPS) is 10.9. The first-order valence-electron chi connectivity index (χ1n) is 7.66. The number of fused-ring (bicyclic) bond motifs is 1. The Balaban J connectivity index is 2.15. The number of halogens is 1. The average Bonchev–Trinajstić information content (AvgIpc) is 3.04. The van der Waals surface area contributed by atoms with Crippen LogP contribution in [0.5, 0.6) is 0 Å². The van der Waals surface area contributed by atoms with E-state index in [1.807, 2.05) is 65.9 Å². The number of nitrogens with zero attached hydrogens (tertiary/aromatic N) is 3. The zero-order chi connectivity index (χ0) is 16.4. The Labute approximate surface area is 140 Å². The quantitative estimate of drug-likeness (QED) is 0.722. The van der Waals surface area contributed by atoms with E-state index in [1.165, 1.54) is 0 Å². The number of benzene rings is 1. The monoisotopic (exact) mass is 327 g/mol. The van der Waals surface area contributed by atoms with Crippen molar-refractivity contribution in [2.24, 2.45) is 0 Å². The minimum Gasteiger partial charge on any atom is -0.339 e. The van der Waals surface area contributed by atoms with E-state index < -0.39 is 0 Å². The number of hydrogen-bond acceptors (Lipinski definition) is 2. The molecule has 3 aromatic rings. The van der Waals surface area contributed by atoms with Gasteiger partial charge in [-0.1, -0.05) is 23.7 Å². The van der Waals surface area contributed by atoms with Crippen molar-refractivity contribution in [1.82, 2.24) is 14.3 Å². The Morgan fingerprint density at radius 3 is 2.57 bits per heavy atom. The maximum atomic E-state index is 12.7. The molecule has 118 valence electrons. The SMILES string of the molecule is CCN(CC)C(=O)c1cc(-c2ccc(Cl)cc2)c2nccn2c1. The molecule has 2 aromatic heterocycles. The van der Waals surface area contributed by atoms with Gasteiger partial charge in [-0.15, -0.1) is 0 Å². The van der Waals surface area contributed by atoms with E-state index in [2.05, 4.69) is 4.98 Å². The van der Waals surface area contributed by atoms with Gasteiger partial charge in [-0.05, 0) is 37.6 Å². The second kappa shape index (κ2) is 6.42. The third-order valence-corrected chi connectivity index (χ3v) is 4.19. The first kappa shape index (κ1) is 15.6. The topological polar surface area (TPSA) is 37.6 Å². The van der Waals surface area contributed by atoms with Crippen molar-refractivity contribution < 1.29 is 4.79 Å². The lowest BCUT2D eigenvalue weighted by atomic mass is 10.0. The van der Waals surface area contributed by atoms with Crippen molar-refractivity contribution in [3.63, 3.8) is 0 Å². The second-order valence-corrected chi connectivity index (χ2v) is 5.72. The van der Waals surface area contributed by atoms with Crippen LogP contribution in [0.25, 0.3) is 16.8 Å². The molecule has 3 rings (SSSR count). The number of aromatic nitrogens is 2. The van der Waals surface area contributed by atoms with Crippen molar-refractivity contribution in [3.05, 3.63) is 59.5 Å². The van der Waals surface area contributed by atoms with E-state index in [0.717, 1.165) is 16.8 Å². The van der Waals surface area contributed by atoms with Crippen LogP contribution in [0.15, 0.2) is 48.9 Å². The molecule has 0 bridgehead atoms. The van der Waals surface area contributed by atoms with E-state index in [-0.39, 0.29) is 5.91 Å². The Hall–Kier alpha value is -2.33. The molecule has 0 atom stereocenters. The Morgan fingerprint density at radius 1 is 1.22 bits per heavy atom. The summed E-state index contributed by atoms with van der Waals surface area (Å²) in [7, 11) is 0. The third-order valence-electron chi connectivity index (χ3n) is 3.94. The van der Waals surface area contributed by atoms with Gasteiger partial charge in [0.1, 0.15) is 5.65 Å². The van der Waals surface area contributed by atoms with Crippen LogP contribution in [-0.4, -0.2) is 33.3 Å². The molecule has 4 nitrogen and oxygen atoms in total. The lowest BCUT2D eigenvalue weighted by Gasteiger charge is -2.19. The van der Waals surface area contributed by atoms with E-state index in [0.29, 0.717) is 23.7 Å². The van der Waals surface area contributed by atoms with Gasteiger partial charge in [0, 0.05) is 42.3 Å². The highest BCUT2D eigenvalue weighted by Gasteiger charge is 2.16. The largest absolute Gasteiger partial charge is 0.339 e. The summed E-state index contributed by atoms with van der Waals surface area (Å²) in [5.41, 5.74) is 3.39. The highest BCUT2D eigenvalue weighted by Crippen LogP contribution is 2.27. The molecule has 0 fully saturated rings. The maximum absolute atomic E-state index is 12.7. The van der Waals surface area contributed by atoms with Gasteiger partial charge in [-0.25, -0.2) is 4.98 Å². The van der Waals surface area contributed by atoms with Gasteiger partial charge in [0.05, 0.1) is 5.56 Å². The van der Waals surface area contributed by atoms with Gasteiger partial charge in [0.25, 0.3) is 5.91 Å². The van der Waals surface area contributed by atoms with Gasteiger partial charge < -0.3 is 9.30 Å². The summed E-state index contributed by atoms with van der Waals surface area (Å²) >= 11 is 5.98. The molecule has 2 heterocycles. The van der Waals surface area contributed by atoms with Gasteiger partial charge in [-0.3, -0.25) is 4.79 Å². The predicted molar refractivity (Wildman–Crippen MR) is 92.9 cm³/mol. The van der Waals surface area contributed by atoms with Crippen molar-refractivity contribution in [2.75, 3.05) is 13.1 Å². The molecule has 23 heavy (non-hydrogen) atoms. The molecule has 1 amide bonds. The zero-order valence-corrected chi connectivity index (χ0v) is 13.9. The van der Waals surface area contributed by atoms with Crippen molar-refractivity contribution >= 4 is 23.2 Å². The molecular formula is C18H18ClN3O. The Kier molecular flexibility index (Phi) is 4.35. The Morgan fingerprint density at radius 2 is 1.91 bits per heavy atom. The summed E-state index contributed by atoms with van der Waals surface area (Å²) in [4.78, 5) is 18.9. The molecule has 0 saturated carbocycles. The molecule has 0 aliphatic heterocycles. The van der Waals surface area contributed by atoms with Gasteiger partial charge in [-0.2, -0.15) is 0 Å². The average molecular weight is 328 g/mol. The van der Waals surface area contributed by atoms with Crippen LogP contribution in [0, 0.1) is 0 Å². The number of rotatable bonds is 4. The van der Waals surface area contributed by atoms with Gasteiger partial charge in [0.15, 0.2) is 0 Å². The van der Waals surface area contributed by atoms with Crippen LogP contribution in [-0.2, 0) is 0 Å². The smallest absolute Gasteiger partial charge is 0.255 e. The fraction of sp³-hybridized carbons (Fsp3) is 0.222. The van der Waals surface area contributed by atoms with Crippen LogP contribution in [0.2, 0.25) is 5.02 Å².